The van der Waals surface area contributed by atoms with Crippen LogP contribution in [0.25, 0.3) is 0 Å². The van der Waals surface area contributed by atoms with Crippen molar-refractivity contribution in [2.75, 3.05) is 0 Å². The summed E-state index contributed by atoms with van der Waals surface area (Å²) in [5, 5.41) is 0. The van der Waals surface area contributed by atoms with Gasteiger partial charge in [-0.25, -0.2) is 0 Å². The summed E-state index contributed by atoms with van der Waals surface area (Å²) in [4.78, 5) is 10.5. The van der Waals surface area contributed by atoms with E-state index in [1.807, 2.05) is 0 Å². The van der Waals surface area contributed by atoms with Crippen LogP contribution in [0.4, 0.5) is 0 Å². The predicted octanol–water partition coefficient (Wildman–Crippen LogP) is 2.45. The number of carbonyl (C=O) groups is 1. The van der Waals surface area contributed by atoms with Crippen LogP contribution in [0.5, 0.6) is 0 Å². The van der Waals surface area contributed by atoms with E-state index in [0.29, 0.717) is 6.29 Å². The van der Waals surface area contributed by atoms with Gasteiger partial charge in [0.05, 0.1) is 6.10 Å². The Hall–Kier alpha value is -0.670. The van der Waals surface area contributed by atoms with Gasteiger partial charge in [0.25, 0.3) is 0 Å². The highest BCUT2D eigenvalue weighted by Crippen LogP contribution is 2.23. The highest BCUT2D eigenvalue weighted by molar-refractivity contribution is 5.54. The van der Waals surface area contributed by atoms with Crippen LogP contribution < -0.4 is 0 Å². The summed E-state index contributed by atoms with van der Waals surface area (Å²) in [5.74, 6) is 0. The molecule has 0 spiro atoms. The molecule has 0 N–H and O–H groups in total. The molecular formula is C12H20O3. The molecule has 0 aromatic carbocycles. The minimum atomic E-state index is -0.691. The maximum absolute atomic E-state index is 10.5. The van der Waals surface area contributed by atoms with Gasteiger partial charge in [0.15, 0.2) is 6.29 Å². The lowest BCUT2D eigenvalue weighted by molar-refractivity contribution is -0.134. The van der Waals surface area contributed by atoms with Crippen molar-refractivity contribution in [1.82, 2.24) is 0 Å². The first-order valence-electron chi connectivity index (χ1n) is 5.70. The van der Waals surface area contributed by atoms with Gasteiger partial charge in [-0.05, 0) is 6.42 Å². The van der Waals surface area contributed by atoms with E-state index in [4.69, 9.17) is 9.47 Å². The Labute approximate surface area is 91.4 Å². The van der Waals surface area contributed by atoms with E-state index in [2.05, 4.69) is 13.5 Å². The fourth-order valence-corrected chi connectivity index (χ4v) is 1.80. The molecule has 0 amide bonds. The van der Waals surface area contributed by atoms with Crippen LogP contribution in [0.2, 0.25) is 0 Å². The molecule has 1 heterocycles. The van der Waals surface area contributed by atoms with Crippen LogP contribution in [0.15, 0.2) is 12.7 Å². The lowest BCUT2D eigenvalue weighted by Crippen LogP contribution is -2.19. The van der Waals surface area contributed by atoms with E-state index < -0.39 is 6.29 Å². The van der Waals surface area contributed by atoms with Crippen LogP contribution in [-0.2, 0) is 14.3 Å². The average Bonchev–Trinajstić information content (AvgIpc) is 2.67. The predicted molar refractivity (Wildman–Crippen MR) is 58.6 cm³/mol. The van der Waals surface area contributed by atoms with Gasteiger partial charge in [-0.15, -0.1) is 6.58 Å². The summed E-state index contributed by atoms with van der Waals surface area (Å²) in [7, 11) is 0. The molecule has 3 atom stereocenters. The third-order valence-corrected chi connectivity index (χ3v) is 2.65. The monoisotopic (exact) mass is 212 g/mol. The van der Waals surface area contributed by atoms with Crippen molar-refractivity contribution in [3.05, 3.63) is 12.7 Å². The molecule has 1 aliphatic rings. The van der Waals surface area contributed by atoms with E-state index in [0.717, 1.165) is 12.8 Å². The van der Waals surface area contributed by atoms with Crippen molar-refractivity contribution >= 4 is 6.29 Å². The largest absolute Gasteiger partial charge is 0.340 e. The third kappa shape index (κ3) is 3.76. The fraction of sp³-hybridized carbons (Fsp3) is 0.750. The molecule has 86 valence electrons. The Morgan fingerprint density at radius 3 is 2.67 bits per heavy atom. The van der Waals surface area contributed by atoms with Crippen molar-refractivity contribution in [3.8, 4) is 0 Å². The third-order valence-electron chi connectivity index (χ3n) is 2.65. The second-order valence-corrected chi connectivity index (χ2v) is 3.86. The highest BCUT2D eigenvalue weighted by Gasteiger charge is 2.33. The Bertz CT molecular complexity index is 203. The Morgan fingerprint density at radius 1 is 1.27 bits per heavy atom. The molecule has 1 rings (SSSR count). The lowest BCUT2D eigenvalue weighted by atomic mass is 10.1. The first-order chi connectivity index (χ1) is 7.31. The van der Waals surface area contributed by atoms with Crippen LogP contribution in [0.1, 0.15) is 39.0 Å². The number of rotatable bonds is 7. The average molecular weight is 212 g/mol. The summed E-state index contributed by atoms with van der Waals surface area (Å²) in [5.41, 5.74) is 0. The first kappa shape index (κ1) is 12.4. The summed E-state index contributed by atoms with van der Waals surface area (Å²) >= 11 is 0. The molecule has 1 fully saturated rings. The second kappa shape index (κ2) is 6.75. The van der Waals surface area contributed by atoms with Crippen molar-refractivity contribution in [2.24, 2.45) is 0 Å². The Morgan fingerprint density at radius 2 is 2.07 bits per heavy atom. The standard InChI is InChI=1S/C12H20O3/c1-3-5-6-7-8-11-10(4-2)14-12(9-13)15-11/h4,9-12H,2-3,5-8H2,1H3. The summed E-state index contributed by atoms with van der Waals surface area (Å²) in [6.07, 6.45) is 7.37. The maximum atomic E-state index is 10.5. The fourth-order valence-electron chi connectivity index (χ4n) is 1.80. The smallest absolute Gasteiger partial charge is 0.215 e. The summed E-state index contributed by atoms with van der Waals surface area (Å²) < 4.78 is 10.8. The molecule has 3 heteroatoms. The summed E-state index contributed by atoms with van der Waals surface area (Å²) in [6.45, 7) is 5.87. The van der Waals surface area contributed by atoms with Crippen molar-refractivity contribution < 1.29 is 14.3 Å². The van der Waals surface area contributed by atoms with Gasteiger partial charge in [0.1, 0.15) is 6.10 Å². The Kier molecular flexibility index (Phi) is 5.58. The van der Waals surface area contributed by atoms with Crippen molar-refractivity contribution in [3.63, 3.8) is 0 Å². The van der Waals surface area contributed by atoms with E-state index in [1.165, 1.54) is 19.3 Å². The zero-order valence-corrected chi connectivity index (χ0v) is 9.35. The van der Waals surface area contributed by atoms with E-state index >= 15 is 0 Å². The number of hydrogen-bond donors (Lipinski definition) is 0. The molecule has 3 unspecified atom stereocenters. The molecule has 15 heavy (non-hydrogen) atoms. The molecule has 0 aromatic rings. The molecular weight excluding hydrogens is 192 g/mol. The first-order valence-corrected chi connectivity index (χ1v) is 5.70. The zero-order chi connectivity index (χ0) is 11.1. The van der Waals surface area contributed by atoms with Gasteiger partial charge in [0.2, 0.25) is 6.29 Å². The molecule has 3 nitrogen and oxygen atoms in total. The zero-order valence-electron chi connectivity index (χ0n) is 9.35. The molecule has 0 radical (unpaired) electrons. The molecule has 1 aliphatic heterocycles. The number of hydrogen-bond acceptors (Lipinski definition) is 3. The number of carbonyl (C=O) groups excluding carboxylic acids is 1. The van der Waals surface area contributed by atoms with Crippen LogP contribution in [0.3, 0.4) is 0 Å². The minimum Gasteiger partial charge on any atom is -0.340 e. The van der Waals surface area contributed by atoms with Gasteiger partial charge in [-0.1, -0.05) is 38.7 Å². The second-order valence-electron chi connectivity index (χ2n) is 3.86. The number of ether oxygens (including phenoxy) is 2. The molecule has 0 saturated carbocycles. The molecule has 0 bridgehead atoms. The van der Waals surface area contributed by atoms with Gasteiger partial charge < -0.3 is 9.47 Å². The number of unbranched alkanes of at least 4 members (excludes halogenated alkanes) is 3. The van der Waals surface area contributed by atoms with E-state index in [9.17, 15) is 4.79 Å². The van der Waals surface area contributed by atoms with Gasteiger partial charge in [0, 0.05) is 0 Å². The molecule has 0 aromatic heterocycles. The van der Waals surface area contributed by atoms with Crippen LogP contribution in [0, 0.1) is 0 Å². The van der Waals surface area contributed by atoms with E-state index in [-0.39, 0.29) is 12.2 Å². The van der Waals surface area contributed by atoms with Gasteiger partial charge in [-0.3, -0.25) is 4.79 Å². The lowest BCUT2D eigenvalue weighted by Gasteiger charge is -2.12. The maximum Gasteiger partial charge on any atom is 0.215 e. The van der Waals surface area contributed by atoms with Gasteiger partial charge >= 0.3 is 0 Å². The van der Waals surface area contributed by atoms with Crippen molar-refractivity contribution in [1.29, 1.82) is 0 Å². The highest BCUT2D eigenvalue weighted by atomic mass is 16.7. The number of aldehydes is 1. The topological polar surface area (TPSA) is 35.5 Å². The quantitative estimate of drug-likeness (QED) is 0.369. The minimum absolute atomic E-state index is 0.00885. The van der Waals surface area contributed by atoms with E-state index in [1.54, 1.807) is 6.08 Å². The molecule has 0 aliphatic carbocycles. The van der Waals surface area contributed by atoms with Crippen LogP contribution in [-0.4, -0.2) is 24.8 Å². The normalized spacial score (nSPS) is 30.3. The van der Waals surface area contributed by atoms with Gasteiger partial charge in [-0.2, -0.15) is 0 Å². The SMILES string of the molecule is C=CC1OC(C=O)OC1CCCCCC. The molecule has 1 saturated heterocycles. The summed E-state index contributed by atoms with van der Waals surface area (Å²) in [6, 6.07) is 0. The van der Waals surface area contributed by atoms with Crippen molar-refractivity contribution in [2.45, 2.75) is 57.5 Å². The van der Waals surface area contributed by atoms with Crippen LogP contribution >= 0.6 is 0 Å². The Balaban J connectivity index is 2.26.